The van der Waals surface area contributed by atoms with Crippen LogP contribution in [0.2, 0.25) is 0 Å². The third kappa shape index (κ3) is 5.03. The van der Waals surface area contributed by atoms with Crippen LogP contribution in [0, 0.1) is 0 Å². The van der Waals surface area contributed by atoms with Gasteiger partial charge in [0.15, 0.2) is 0 Å². The molecule has 0 unspecified atom stereocenters. The first kappa shape index (κ1) is 19.7. The Morgan fingerprint density at radius 2 is 1.64 bits per heavy atom. The van der Waals surface area contributed by atoms with E-state index in [1.807, 2.05) is 30.3 Å². The summed E-state index contributed by atoms with van der Waals surface area (Å²) < 4.78 is 27.4. The number of pyridine rings is 1. The molecule has 7 heteroatoms. The van der Waals surface area contributed by atoms with Crippen LogP contribution in [0.25, 0.3) is 0 Å². The summed E-state index contributed by atoms with van der Waals surface area (Å²) in [4.78, 5) is 18.4. The van der Waals surface area contributed by atoms with Crippen LogP contribution in [0.3, 0.4) is 0 Å². The molecule has 6 nitrogen and oxygen atoms in total. The van der Waals surface area contributed by atoms with Gasteiger partial charge in [-0.15, -0.1) is 0 Å². The maximum atomic E-state index is 12.6. The molecule has 0 saturated heterocycles. The van der Waals surface area contributed by atoms with Crippen LogP contribution in [0.4, 0.5) is 0 Å². The number of carbonyl (C=O) groups is 1. The van der Waals surface area contributed by atoms with E-state index < -0.39 is 10.0 Å². The minimum Gasteiger partial charge on any atom is -0.337 e. The maximum absolute atomic E-state index is 12.6. The molecule has 3 rings (SSSR count). The van der Waals surface area contributed by atoms with Crippen LogP contribution in [0.1, 0.15) is 21.6 Å². The molecule has 1 aromatic heterocycles. The van der Waals surface area contributed by atoms with Crippen molar-refractivity contribution in [2.24, 2.45) is 0 Å². The van der Waals surface area contributed by atoms with Gasteiger partial charge < -0.3 is 4.90 Å². The number of nitrogens with one attached hydrogen (secondary N) is 1. The molecule has 0 radical (unpaired) electrons. The van der Waals surface area contributed by atoms with Crippen LogP contribution < -0.4 is 4.72 Å². The van der Waals surface area contributed by atoms with Crippen LogP contribution in [-0.2, 0) is 23.1 Å². The van der Waals surface area contributed by atoms with E-state index in [1.165, 1.54) is 24.3 Å². The van der Waals surface area contributed by atoms with Crippen molar-refractivity contribution in [3.63, 3.8) is 0 Å². The van der Waals surface area contributed by atoms with Crippen LogP contribution in [0.5, 0.6) is 0 Å². The van der Waals surface area contributed by atoms with Crippen molar-refractivity contribution in [3.05, 3.63) is 95.8 Å². The fraction of sp³-hybridized carbons (Fsp3) is 0.143. The van der Waals surface area contributed by atoms with E-state index in [9.17, 15) is 13.2 Å². The summed E-state index contributed by atoms with van der Waals surface area (Å²) in [6.07, 6.45) is 1.61. The topological polar surface area (TPSA) is 79.4 Å². The number of rotatable bonds is 7. The predicted octanol–water partition coefficient (Wildman–Crippen LogP) is 2.83. The Kier molecular flexibility index (Phi) is 6.18. The highest BCUT2D eigenvalue weighted by atomic mass is 32.2. The quantitative estimate of drug-likeness (QED) is 0.667. The zero-order valence-electron chi connectivity index (χ0n) is 15.4. The molecule has 0 spiro atoms. The Hall–Kier alpha value is -3.03. The molecule has 0 aliphatic rings. The zero-order chi connectivity index (χ0) is 20.0. The lowest BCUT2D eigenvalue weighted by atomic mass is 10.1. The summed E-state index contributed by atoms with van der Waals surface area (Å²) in [5.41, 5.74) is 2.08. The molecular weight excluding hydrogens is 374 g/mol. The van der Waals surface area contributed by atoms with Crippen LogP contribution >= 0.6 is 0 Å². The van der Waals surface area contributed by atoms with E-state index in [1.54, 1.807) is 36.3 Å². The molecule has 28 heavy (non-hydrogen) atoms. The number of benzene rings is 2. The second-order valence-corrected chi connectivity index (χ2v) is 8.08. The molecule has 3 aromatic rings. The second-order valence-electron chi connectivity index (χ2n) is 6.32. The van der Waals surface area contributed by atoms with Gasteiger partial charge in [0.1, 0.15) is 0 Å². The first-order valence-electron chi connectivity index (χ1n) is 8.75. The highest BCUT2D eigenvalue weighted by Crippen LogP contribution is 2.14. The van der Waals surface area contributed by atoms with Gasteiger partial charge in [0.25, 0.3) is 5.91 Å². The average Bonchev–Trinajstić information content (AvgIpc) is 2.73. The van der Waals surface area contributed by atoms with E-state index in [0.29, 0.717) is 17.8 Å². The number of nitrogens with zero attached hydrogens (tertiary/aromatic N) is 2. The first-order chi connectivity index (χ1) is 13.5. The smallest absolute Gasteiger partial charge is 0.253 e. The average molecular weight is 395 g/mol. The Balaban J connectivity index is 1.65. The lowest BCUT2D eigenvalue weighted by Gasteiger charge is -2.17. The van der Waals surface area contributed by atoms with Crippen LogP contribution in [-0.4, -0.2) is 31.3 Å². The standard InChI is InChI=1S/C21H21N3O3S/c1-24(16-17-7-3-2-4-8-17)21(25)18-10-12-20(13-11-18)28(26,27)23-15-19-9-5-6-14-22-19/h2-14,23H,15-16H2,1H3. The van der Waals surface area contributed by atoms with Gasteiger partial charge in [-0.05, 0) is 42.0 Å². The molecule has 0 aliphatic carbocycles. The van der Waals surface area contributed by atoms with E-state index in [4.69, 9.17) is 0 Å². The molecular formula is C21H21N3O3S. The Morgan fingerprint density at radius 3 is 2.29 bits per heavy atom. The maximum Gasteiger partial charge on any atom is 0.253 e. The summed E-state index contributed by atoms with van der Waals surface area (Å²) in [7, 11) is -1.97. The Labute approximate surface area is 164 Å². The van der Waals surface area contributed by atoms with E-state index in [0.717, 1.165) is 5.56 Å². The lowest BCUT2D eigenvalue weighted by molar-refractivity contribution is 0.0785. The third-order valence-corrected chi connectivity index (χ3v) is 5.61. The summed E-state index contributed by atoms with van der Waals surface area (Å²) in [6.45, 7) is 0.578. The molecule has 0 fully saturated rings. The number of carbonyl (C=O) groups excluding carboxylic acids is 1. The Morgan fingerprint density at radius 1 is 0.964 bits per heavy atom. The van der Waals surface area contributed by atoms with Crippen molar-refractivity contribution >= 4 is 15.9 Å². The van der Waals surface area contributed by atoms with E-state index in [2.05, 4.69) is 9.71 Å². The number of hydrogen-bond acceptors (Lipinski definition) is 4. The lowest BCUT2D eigenvalue weighted by Crippen LogP contribution is -2.26. The Bertz CT molecular complexity index is 1020. The fourth-order valence-corrected chi connectivity index (χ4v) is 3.68. The summed E-state index contributed by atoms with van der Waals surface area (Å²) >= 11 is 0. The molecule has 144 valence electrons. The van der Waals surface area contributed by atoms with Crippen molar-refractivity contribution in [1.29, 1.82) is 0 Å². The molecule has 0 atom stereocenters. The SMILES string of the molecule is CN(Cc1ccccc1)C(=O)c1ccc(S(=O)(=O)NCc2ccccn2)cc1. The monoisotopic (exact) mass is 395 g/mol. The van der Waals surface area contributed by atoms with Crippen molar-refractivity contribution in [2.45, 2.75) is 18.0 Å². The number of sulfonamides is 1. The van der Waals surface area contributed by atoms with Crippen molar-refractivity contribution in [1.82, 2.24) is 14.6 Å². The highest BCUT2D eigenvalue weighted by Gasteiger charge is 2.16. The minimum absolute atomic E-state index is 0.101. The van der Waals surface area contributed by atoms with Crippen LogP contribution in [0.15, 0.2) is 83.9 Å². The molecule has 1 amide bonds. The van der Waals surface area contributed by atoms with E-state index >= 15 is 0 Å². The minimum atomic E-state index is -3.68. The summed E-state index contributed by atoms with van der Waals surface area (Å²) in [5.74, 6) is -0.172. The molecule has 0 bridgehead atoms. The van der Waals surface area contributed by atoms with Gasteiger partial charge >= 0.3 is 0 Å². The highest BCUT2D eigenvalue weighted by molar-refractivity contribution is 7.89. The first-order valence-corrected chi connectivity index (χ1v) is 10.2. The van der Waals surface area contributed by atoms with Crippen molar-refractivity contribution < 1.29 is 13.2 Å². The van der Waals surface area contributed by atoms with Gasteiger partial charge in [0, 0.05) is 25.4 Å². The molecule has 2 aromatic carbocycles. The molecule has 0 saturated carbocycles. The normalized spacial score (nSPS) is 11.2. The molecule has 1 N–H and O–H groups in total. The van der Waals surface area contributed by atoms with Gasteiger partial charge in [0.2, 0.25) is 10.0 Å². The summed E-state index contributed by atoms with van der Waals surface area (Å²) in [6, 6.07) is 20.9. The van der Waals surface area contributed by atoms with Gasteiger partial charge in [-0.1, -0.05) is 36.4 Å². The van der Waals surface area contributed by atoms with Gasteiger partial charge in [0.05, 0.1) is 17.1 Å². The third-order valence-electron chi connectivity index (χ3n) is 4.19. The summed E-state index contributed by atoms with van der Waals surface area (Å²) in [5, 5.41) is 0. The number of amides is 1. The predicted molar refractivity (Wildman–Crippen MR) is 107 cm³/mol. The van der Waals surface area contributed by atoms with Crippen molar-refractivity contribution in [2.75, 3.05) is 7.05 Å². The van der Waals surface area contributed by atoms with Crippen molar-refractivity contribution in [3.8, 4) is 0 Å². The van der Waals surface area contributed by atoms with Gasteiger partial charge in [-0.2, -0.15) is 0 Å². The van der Waals surface area contributed by atoms with Gasteiger partial charge in [-0.25, -0.2) is 13.1 Å². The largest absolute Gasteiger partial charge is 0.337 e. The van der Waals surface area contributed by atoms with E-state index in [-0.39, 0.29) is 17.3 Å². The molecule has 0 aliphatic heterocycles. The number of aromatic nitrogens is 1. The molecule has 1 heterocycles. The number of hydrogen-bond donors (Lipinski definition) is 1. The van der Waals surface area contributed by atoms with Gasteiger partial charge in [-0.3, -0.25) is 9.78 Å². The second kappa shape index (κ2) is 8.77. The fourth-order valence-electron chi connectivity index (χ4n) is 2.68. The zero-order valence-corrected chi connectivity index (χ0v) is 16.3.